The molecule has 0 bridgehead atoms. The summed E-state index contributed by atoms with van der Waals surface area (Å²) in [5.41, 5.74) is 0.740. The van der Waals surface area contributed by atoms with E-state index in [1.165, 1.54) is 4.31 Å². The van der Waals surface area contributed by atoms with Crippen molar-refractivity contribution in [3.8, 4) is 5.75 Å². The molecule has 10 heteroatoms. The zero-order valence-electron chi connectivity index (χ0n) is 17.9. The molecule has 1 aliphatic heterocycles. The summed E-state index contributed by atoms with van der Waals surface area (Å²) in [7, 11) is -3.72. The second-order valence-corrected chi connectivity index (χ2v) is 10.5. The number of piperazine rings is 1. The highest BCUT2D eigenvalue weighted by Crippen LogP contribution is 2.25. The topological polar surface area (TPSA) is 88.9 Å². The molecule has 1 aliphatic rings. The smallest absolute Gasteiger partial charge is 0.308 e. The summed E-state index contributed by atoms with van der Waals surface area (Å²) in [6, 6.07) is 13.9. The maximum absolute atomic E-state index is 13.2. The fourth-order valence-electron chi connectivity index (χ4n) is 3.82. The predicted octanol–water partition coefficient (Wildman–Crippen LogP) is 2.38. The quantitative estimate of drug-likeness (QED) is 0.546. The summed E-state index contributed by atoms with van der Waals surface area (Å²) in [5.74, 6) is 0.446. The molecule has 1 amide bonds. The van der Waals surface area contributed by atoms with E-state index in [2.05, 4.69) is 0 Å². The van der Waals surface area contributed by atoms with Gasteiger partial charge in [-0.15, -0.1) is 0 Å². The first-order valence-corrected chi connectivity index (χ1v) is 12.7. The molecule has 0 unspecified atom stereocenters. The molecule has 32 heavy (non-hydrogen) atoms. The molecule has 0 spiro atoms. The third kappa shape index (κ3) is 4.30. The van der Waals surface area contributed by atoms with Crippen LogP contribution in [0.1, 0.15) is 13.8 Å². The first kappa shape index (κ1) is 22.5. The molecule has 0 aliphatic carbocycles. The Bertz CT molecular complexity index is 1280. The van der Waals surface area contributed by atoms with Gasteiger partial charge in [-0.1, -0.05) is 29.5 Å². The highest BCUT2D eigenvalue weighted by Gasteiger charge is 2.32. The number of aromatic nitrogens is 1. The minimum Gasteiger partial charge on any atom is -0.481 e. The molecular weight excluding hydrogens is 450 g/mol. The fraction of sp³-hybridized carbons (Fsp3) is 0.364. The van der Waals surface area contributed by atoms with Crippen molar-refractivity contribution in [3.05, 3.63) is 58.2 Å². The van der Waals surface area contributed by atoms with Crippen LogP contribution in [-0.4, -0.2) is 60.4 Å². The first-order valence-electron chi connectivity index (χ1n) is 10.5. The Balaban J connectivity index is 1.43. The van der Waals surface area contributed by atoms with Crippen LogP contribution in [0.3, 0.4) is 0 Å². The molecule has 1 atom stereocenters. The van der Waals surface area contributed by atoms with Crippen LogP contribution in [-0.2, 0) is 21.4 Å². The minimum atomic E-state index is -3.72. The molecule has 0 saturated carbocycles. The number of sulfonamides is 1. The summed E-state index contributed by atoms with van der Waals surface area (Å²) in [6.45, 7) is 5.11. The molecule has 0 N–H and O–H groups in total. The van der Waals surface area contributed by atoms with E-state index in [1.807, 2.05) is 25.1 Å². The van der Waals surface area contributed by atoms with Gasteiger partial charge in [-0.3, -0.25) is 14.2 Å². The van der Waals surface area contributed by atoms with Gasteiger partial charge in [-0.25, -0.2) is 8.42 Å². The minimum absolute atomic E-state index is 0.101. The van der Waals surface area contributed by atoms with Crippen LogP contribution in [0.15, 0.2) is 58.2 Å². The van der Waals surface area contributed by atoms with Crippen molar-refractivity contribution in [3.63, 3.8) is 0 Å². The average molecular weight is 476 g/mol. The summed E-state index contributed by atoms with van der Waals surface area (Å²) >= 11 is 1.05. The second-order valence-electron chi connectivity index (χ2n) is 7.54. The van der Waals surface area contributed by atoms with E-state index in [0.29, 0.717) is 30.1 Å². The summed E-state index contributed by atoms with van der Waals surface area (Å²) in [6.07, 6.45) is -0.659. The third-order valence-corrected chi connectivity index (χ3v) is 8.38. The molecule has 3 aromatic rings. The van der Waals surface area contributed by atoms with Crippen molar-refractivity contribution in [1.82, 2.24) is 13.8 Å². The van der Waals surface area contributed by atoms with Crippen molar-refractivity contribution in [2.24, 2.45) is 0 Å². The number of hydrogen-bond donors (Lipinski definition) is 0. The molecule has 2 aromatic carbocycles. The third-order valence-electron chi connectivity index (χ3n) is 5.55. The van der Waals surface area contributed by atoms with E-state index in [-0.39, 0.29) is 28.8 Å². The molecule has 0 radical (unpaired) electrons. The van der Waals surface area contributed by atoms with Crippen LogP contribution in [0.5, 0.6) is 5.75 Å². The predicted molar refractivity (Wildman–Crippen MR) is 124 cm³/mol. The van der Waals surface area contributed by atoms with Gasteiger partial charge in [0.05, 0.1) is 15.1 Å². The Labute approximate surface area is 190 Å². The van der Waals surface area contributed by atoms with Crippen LogP contribution >= 0.6 is 11.3 Å². The average Bonchev–Trinajstić information content (AvgIpc) is 3.13. The van der Waals surface area contributed by atoms with E-state index in [1.54, 1.807) is 46.7 Å². The number of thiazole rings is 1. The fourth-order valence-corrected chi connectivity index (χ4v) is 6.33. The molecule has 1 saturated heterocycles. The standard InChI is InChI=1S/C22H25N3O5S2/c1-3-25-19-10-9-18(15-20(19)31-22(25)27)32(28,29)24-13-11-23(12-14-24)21(26)16(2)30-17-7-5-4-6-8-17/h4-10,15-16H,3,11-14H2,1-2H3/t16-/m0/s1. The van der Waals surface area contributed by atoms with E-state index >= 15 is 0 Å². The van der Waals surface area contributed by atoms with Crippen molar-refractivity contribution < 1.29 is 17.9 Å². The highest BCUT2D eigenvalue weighted by atomic mass is 32.2. The largest absolute Gasteiger partial charge is 0.481 e. The van der Waals surface area contributed by atoms with Gasteiger partial charge in [-0.05, 0) is 44.2 Å². The lowest BCUT2D eigenvalue weighted by Crippen LogP contribution is -2.53. The highest BCUT2D eigenvalue weighted by molar-refractivity contribution is 7.89. The van der Waals surface area contributed by atoms with Crippen LogP contribution in [0.25, 0.3) is 10.2 Å². The number of rotatable bonds is 6. The van der Waals surface area contributed by atoms with Crippen molar-refractivity contribution in [2.45, 2.75) is 31.4 Å². The molecule has 8 nitrogen and oxygen atoms in total. The Morgan fingerprint density at radius 3 is 2.44 bits per heavy atom. The number of ether oxygens (including phenoxy) is 1. The Morgan fingerprint density at radius 1 is 1.09 bits per heavy atom. The van der Waals surface area contributed by atoms with Gasteiger partial charge in [0, 0.05) is 32.7 Å². The number of carbonyl (C=O) groups excluding carboxylic acids is 1. The van der Waals surface area contributed by atoms with Crippen molar-refractivity contribution in [2.75, 3.05) is 26.2 Å². The van der Waals surface area contributed by atoms with E-state index in [4.69, 9.17) is 4.74 Å². The molecule has 2 heterocycles. The van der Waals surface area contributed by atoms with Crippen LogP contribution in [0, 0.1) is 0 Å². The number of amides is 1. The lowest BCUT2D eigenvalue weighted by atomic mass is 10.3. The summed E-state index contributed by atoms with van der Waals surface area (Å²) in [4.78, 5) is 26.5. The Hall–Kier alpha value is -2.69. The van der Waals surface area contributed by atoms with E-state index < -0.39 is 16.1 Å². The Kier molecular flexibility index (Phi) is 6.36. The maximum atomic E-state index is 13.2. The molecule has 4 rings (SSSR count). The normalized spacial score (nSPS) is 16.2. The second kappa shape index (κ2) is 9.05. The number of carbonyl (C=O) groups is 1. The number of benzene rings is 2. The zero-order valence-corrected chi connectivity index (χ0v) is 19.6. The van der Waals surface area contributed by atoms with Crippen LogP contribution in [0.4, 0.5) is 0 Å². The lowest BCUT2D eigenvalue weighted by molar-refractivity contribution is -0.139. The zero-order chi connectivity index (χ0) is 22.9. The van der Waals surface area contributed by atoms with Gasteiger partial charge in [0.2, 0.25) is 10.0 Å². The van der Waals surface area contributed by atoms with Gasteiger partial charge >= 0.3 is 4.87 Å². The van der Waals surface area contributed by atoms with Gasteiger partial charge in [0.25, 0.3) is 5.91 Å². The summed E-state index contributed by atoms with van der Waals surface area (Å²) in [5, 5.41) is 0. The van der Waals surface area contributed by atoms with Gasteiger partial charge in [0.1, 0.15) is 5.75 Å². The number of aryl methyl sites for hydroxylation is 1. The SMILES string of the molecule is CCn1c(=O)sc2cc(S(=O)(=O)N3CCN(C(=O)[C@H](C)Oc4ccccc4)CC3)ccc21. The Morgan fingerprint density at radius 2 is 1.78 bits per heavy atom. The van der Waals surface area contributed by atoms with Gasteiger partial charge in [0.15, 0.2) is 6.10 Å². The van der Waals surface area contributed by atoms with Crippen LogP contribution < -0.4 is 9.61 Å². The molecule has 170 valence electrons. The van der Waals surface area contributed by atoms with E-state index in [9.17, 15) is 18.0 Å². The van der Waals surface area contributed by atoms with Crippen molar-refractivity contribution >= 4 is 37.5 Å². The van der Waals surface area contributed by atoms with Crippen molar-refractivity contribution in [1.29, 1.82) is 0 Å². The van der Waals surface area contributed by atoms with Gasteiger partial charge < -0.3 is 9.64 Å². The summed E-state index contributed by atoms with van der Waals surface area (Å²) < 4.78 is 35.7. The number of para-hydroxylation sites is 1. The monoisotopic (exact) mass is 475 g/mol. The molecule has 1 aromatic heterocycles. The van der Waals surface area contributed by atoms with Crippen LogP contribution in [0.2, 0.25) is 0 Å². The molecular formula is C22H25N3O5S2. The molecule has 1 fully saturated rings. The van der Waals surface area contributed by atoms with E-state index in [0.717, 1.165) is 16.9 Å². The first-order chi connectivity index (χ1) is 15.3. The number of hydrogen-bond acceptors (Lipinski definition) is 6. The number of fused-ring (bicyclic) bond motifs is 1. The van der Waals surface area contributed by atoms with Gasteiger partial charge in [-0.2, -0.15) is 4.31 Å². The number of nitrogens with zero attached hydrogens (tertiary/aromatic N) is 3. The maximum Gasteiger partial charge on any atom is 0.308 e. The lowest BCUT2D eigenvalue weighted by Gasteiger charge is -2.35.